The van der Waals surface area contributed by atoms with E-state index < -0.39 is 15.1 Å². The van der Waals surface area contributed by atoms with Crippen molar-refractivity contribution < 1.29 is 17.9 Å². The number of rotatable bonds is 4. The number of fused-ring (bicyclic) bond motifs is 1. The molecule has 0 spiro atoms. The average Bonchev–Trinajstić information content (AvgIpc) is 2.49. The van der Waals surface area contributed by atoms with E-state index in [1.54, 1.807) is 44.6 Å². The molecule has 0 radical (unpaired) electrons. The first-order chi connectivity index (χ1) is 10.1. The van der Waals surface area contributed by atoms with Crippen molar-refractivity contribution >= 4 is 9.84 Å². The summed E-state index contributed by atoms with van der Waals surface area (Å²) in [6, 6.07) is 12.2. The Bertz CT molecular complexity index is 766. The van der Waals surface area contributed by atoms with Crippen LogP contribution in [0.5, 0.6) is 11.5 Å². The molecule has 110 valence electrons. The fraction of sp³-hybridized carbons (Fsp3) is 0.250. The third-order valence-corrected chi connectivity index (χ3v) is 5.94. The Hall–Kier alpha value is -2.01. The normalized spacial score (nSPS) is 16.8. The first-order valence-corrected chi connectivity index (χ1v) is 8.16. The standard InChI is InChI=1S/C16H16O4S/c1-19-14-8-11-9-16(13(11)10-15(14)20-2)21(17,18)12-6-4-3-5-7-12/h3-8,10,16H,9H2,1-2H3. The Morgan fingerprint density at radius 3 is 2.24 bits per heavy atom. The molecule has 5 heteroatoms. The van der Waals surface area contributed by atoms with Gasteiger partial charge in [0.25, 0.3) is 0 Å². The second-order valence-electron chi connectivity index (χ2n) is 4.96. The zero-order valence-electron chi connectivity index (χ0n) is 11.9. The highest BCUT2D eigenvalue weighted by Crippen LogP contribution is 2.46. The van der Waals surface area contributed by atoms with Crippen molar-refractivity contribution in [1.29, 1.82) is 0 Å². The largest absolute Gasteiger partial charge is 0.493 e. The molecule has 21 heavy (non-hydrogen) atoms. The second-order valence-corrected chi connectivity index (χ2v) is 7.09. The number of hydrogen-bond donors (Lipinski definition) is 0. The predicted octanol–water partition coefficient (Wildman–Crippen LogP) is 2.77. The molecule has 1 aliphatic rings. The Morgan fingerprint density at radius 2 is 1.62 bits per heavy atom. The van der Waals surface area contributed by atoms with Crippen LogP contribution in [0, 0.1) is 0 Å². The Labute approximate surface area is 124 Å². The summed E-state index contributed by atoms with van der Waals surface area (Å²) in [6.07, 6.45) is 0.507. The van der Waals surface area contributed by atoms with Crippen molar-refractivity contribution in [3.05, 3.63) is 53.6 Å². The van der Waals surface area contributed by atoms with E-state index in [2.05, 4.69) is 0 Å². The van der Waals surface area contributed by atoms with Crippen LogP contribution in [0.4, 0.5) is 0 Å². The van der Waals surface area contributed by atoms with Gasteiger partial charge in [-0.3, -0.25) is 0 Å². The number of ether oxygens (including phenoxy) is 2. The minimum Gasteiger partial charge on any atom is -0.493 e. The molecule has 0 fully saturated rings. The second kappa shape index (κ2) is 5.07. The van der Waals surface area contributed by atoms with E-state index in [0.717, 1.165) is 11.1 Å². The van der Waals surface area contributed by atoms with E-state index in [0.29, 0.717) is 22.8 Å². The third-order valence-electron chi connectivity index (χ3n) is 3.84. The summed E-state index contributed by atoms with van der Waals surface area (Å²) in [7, 11) is -0.241. The monoisotopic (exact) mass is 304 g/mol. The maximum Gasteiger partial charge on any atom is 0.185 e. The Kier molecular flexibility index (Phi) is 3.37. The van der Waals surface area contributed by atoms with Crippen molar-refractivity contribution in [3.63, 3.8) is 0 Å². The van der Waals surface area contributed by atoms with Crippen LogP contribution in [0.3, 0.4) is 0 Å². The third kappa shape index (κ3) is 2.17. The summed E-state index contributed by atoms with van der Waals surface area (Å²) in [5, 5.41) is -0.505. The fourth-order valence-electron chi connectivity index (χ4n) is 2.64. The van der Waals surface area contributed by atoms with E-state index in [-0.39, 0.29) is 0 Å². The minimum absolute atomic E-state index is 0.357. The summed E-state index contributed by atoms with van der Waals surface area (Å²) in [5.74, 6) is 1.19. The molecule has 0 aliphatic heterocycles. The number of sulfone groups is 1. The topological polar surface area (TPSA) is 52.6 Å². The summed E-state index contributed by atoms with van der Waals surface area (Å²) in [6.45, 7) is 0. The highest BCUT2D eigenvalue weighted by Gasteiger charge is 2.39. The highest BCUT2D eigenvalue weighted by molar-refractivity contribution is 7.91. The average molecular weight is 304 g/mol. The number of benzene rings is 2. The van der Waals surface area contributed by atoms with Crippen molar-refractivity contribution in [2.45, 2.75) is 16.6 Å². The lowest BCUT2D eigenvalue weighted by molar-refractivity contribution is 0.353. The van der Waals surface area contributed by atoms with Crippen LogP contribution in [-0.2, 0) is 16.3 Å². The van der Waals surface area contributed by atoms with E-state index in [4.69, 9.17) is 9.47 Å². The smallest absolute Gasteiger partial charge is 0.185 e. The van der Waals surface area contributed by atoms with Crippen LogP contribution in [0.25, 0.3) is 0 Å². The zero-order valence-corrected chi connectivity index (χ0v) is 12.7. The molecular weight excluding hydrogens is 288 g/mol. The van der Waals surface area contributed by atoms with E-state index in [9.17, 15) is 8.42 Å². The zero-order chi connectivity index (χ0) is 15.0. The van der Waals surface area contributed by atoms with Gasteiger partial charge in [-0.25, -0.2) is 8.42 Å². The SMILES string of the molecule is COc1cc2c(cc1OC)C(S(=O)(=O)c1ccccc1)C2. The van der Waals surface area contributed by atoms with E-state index in [1.807, 2.05) is 12.1 Å². The summed E-state index contributed by atoms with van der Waals surface area (Å²) >= 11 is 0. The van der Waals surface area contributed by atoms with Gasteiger partial charge in [-0.1, -0.05) is 18.2 Å². The van der Waals surface area contributed by atoms with Gasteiger partial charge in [0.2, 0.25) is 0 Å². The molecule has 4 nitrogen and oxygen atoms in total. The Balaban J connectivity index is 2.02. The lowest BCUT2D eigenvalue weighted by Crippen LogP contribution is -2.25. The molecular formula is C16H16O4S. The van der Waals surface area contributed by atoms with Gasteiger partial charge in [0.1, 0.15) is 0 Å². The van der Waals surface area contributed by atoms with Gasteiger partial charge in [0.05, 0.1) is 24.4 Å². The fourth-order valence-corrected chi connectivity index (χ4v) is 4.46. The van der Waals surface area contributed by atoms with Crippen LogP contribution in [-0.4, -0.2) is 22.6 Å². The molecule has 0 N–H and O–H groups in total. The summed E-state index contributed by atoms with van der Waals surface area (Å²) in [5.41, 5.74) is 1.80. The Morgan fingerprint density at radius 1 is 1.00 bits per heavy atom. The lowest BCUT2D eigenvalue weighted by atomic mass is 9.87. The quantitative estimate of drug-likeness (QED) is 0.871. The van der Waals surface area contributed by atoms with Crippen molar-refractivity contribution in [3.8, 4) is 11.5 Å². The molecule has 1 atom stereocenters. The van der Waals surface area contributed by atoms with Crippen molar-refractivity contribution in [2.24, 2.45) is 0 Å². The van der Waals surface area contributed by atoms with Gasteiger partial charge in [-0.15, -0.1) is 0 Å². The van der Waals surface area contributed by atoms with Gasteiger partial charge in [0, 0.05) is 0 Å². The summed E-state index contributed by atoms with van der Waals surface area (Å²) in [4.78, 5) is 0.357. The minimum atomic E-state index is -3.36. The van der Waals surface area contributed by atoms with Crippen LogP contribution in [0.15, 0.2) is 47.4 Å². The van der Waals surface area contributed by atoms with Gasteiger partial charge in [0.15, 0.2) is 21.3 Å². The first-order valence-electron chi connectivity index (χ1n) is 6.61. The maximum atomic E-state index is 12.7. The number of hydrogen-bond acceptors (Lipinski definition) is 4. The first kappa shape index (κ1) is 13.9. The van der Waals surface area contributed by atoms with Crippen LogP contribution in [0.1, 0.15) is 16.4 Å². The maximum absolute atomic E-state index is 12.7. The molecule has 0 bridgehead atoms. The molecule has 2 aromatic rings. The number of methoxy groups -OCH3 is 2. The van der Waals surface area contributed by atoms with Gasteiger partial charge >= 0.3 is 0 Å². The van der Waals surface area contributed by atoms with Gasteiger partial charge < -0.3 is 9.47 Å². The van der Waals surface area contributed by atoms with E-state index >= 15 is 0 Å². The van der Waals surface area contributed by atoms with Gasteiger partial charge in [-0.05, 0) is 41.8 Å². The van der Waals surface area contributed by atoms with E-state index in [1.165, 1.54) is 0 Å². The highest BCUT2D eigenvalue weighted by atomic mass is 32.2. The molecule has 0 heterocycles. The molecule has 1 aliphatic carbocycles. The molecule has 3 rings (SSSR count). The van der Waals surface area contributed by atoms with Crippen LogP contribution < -0.4 is 9.47 Å². The predicted molar refractivity (Wildman–Crippen MR) is 79.6 cm³/mol. The summed E-state index contributed by atoms with van der Waals surface area (Å²) < 4.78 is 35.8. The van der Waals surface area contributed by atoms with Crippen molar-refractivity contribution in [2.75, 3.05) is 14.2 Å². The van der Waals surface area contributed by atoms with Crippen LogP contribution >= 0.6 is 0 Å². The van der Waals surface area contributed by atoms with Crippen molar-refractivity contribution in [1.82, 2.24) is 0 Å². The molecule has 0 amide bonds. The molecule has 0 aromatic heterocycles. The lowest BCUT2D eigenvalue weighted by Gasteiger charge is -2.31. The van der Waals surface area contributed by atoms with Crippen LogP contribution in [0.2, 0.25) is 0 Å². The molecule has 0 saturated heterocycles. The molecule has 1 unspecified atom stereocenters. The molecule has 2 aromatic carbocycles. The van der Waals surface area contributed by atoms with Gasteiger partial charge in [-0.2, -0.15) is 0 Å². The molecule has 0 saturated carbocycles.